The second-order valence-corrected chi connectivity index (χ2v) is 10.4. The van der Waals surface area contributed by atoms with Gasteiger partial charge in [0.15, 0.2) is 5.79 Å². The molecule has 0 unspecified atom stereocenters. The van der Waals surface area contributed by atoms with Gasteiger partial charge in [0, 0.05) is 0 Å². The van der Waals surface area contributed by atoms with Crippen LogP contribution in [0.4, 0.5) is 0 Å². The maximum atomic E-state index is 15.2. The normalized spacial score (nSPS) is 19.7. The third-order valence-electron chi connectivity index (χ3n) is 7.26. The van der Waals surface area contributed by atoms with Crippen LogP contribution in [0.3, 0.4) is 0 Å². The minimum absolute atomic E-state index is 0.519. The summed E-state index contributed by atoms with van der Waals surface area (Å²) in [6.45, 7) is 3.51. The van der Waals surface area contributed by atoms with Gasteiger partial charge in [-0.25, -0.2) is 0 Å². The predicted molar refractivity (Wildman–Crippen MR) is 159 cm³/mol. The molecule has 5 radical (unpaired) electrons. The molecule has 6 rings (SSSR count). The summed E-state index contributed by atoms with van der Waals surface area (Å²) < 4.78 is 12.8. The van der Waals surface area contributed by atoms with Gasteiger partial charge in [-0.3, -0.25) is 0 Å². The first kappa shape index (κ1) is 32.6. The Bertz CT molecular complexity index is 1150. The van der Waals surface area contributed by atoms with Gasteiger partial charge < -0.3 is 19.7 Å². The summed E-state index contributed by atoms with van der Waals surface area (Å²) in [6, 6.07) is 36.5. The van der Waals surface area contributed by atoms with Crippen LogP contribution in [0.25, 0.3) is 0 Å². The van der Waals surface area contributed by atoms with E-state index in [1.807, 2.05) is 105 Å². The molecule has 1 aliphatic heterocycles. The van der Waals surface area contributed by atoms with Crippen molar-refractivity contribution in [2.45, 2.75) is 43.0 Å². The van der Waals surface area contributed by atoms with Crippen LogP contribution in [0, 0.1) is 32.1 Å². The topological polar surface area (TPSA) is 64.6 Å². The van der Waals surface area contributed by atoms with Gasteiger partial charge in [0.2, 0.25) is 0 Å². The van der Waals surface area contributed by atoms with E-state index in [-0.39, 0.29) is 0 Å². The fraction of sp³-hybridized carbons (Fsp3) is 0.194. The van der Waals surface area contributed by atoms with Crippen molar-refractivity contribution in [2.24, 2.45) is 0 Å². The molecule has 4 aromatic rings. The van der Waals surface area contributed by atoms with Crippen LogP contribution in [0.2, 0.25) is 0 Å². The van der Waals surface area contributed by atoms with E-state index in [2.05, 4.69) is 9.30 Å². The van der Waals surface area contributed by atoms with E-state index in [1.54, 1.807) is 62.4 Å². The number of hydrogen-bond donors (Lipinski definition) is 0. The van der Waals surface area contributed by atoms with E-state index in [0.717, 1.165) is 0 Å². The van der Waals surface area contributed by atoms with E-state index in [0.29, 0.717) is 22.3 Å². The van der Waals surface area contributed by atoms with Crippen LogP contribution in [0.5, 0.6) is 0 Å². The fourth-order valence-corrected chi connectivity index (χ4v) is 5.41. The molecule has 0 bridgehead atoms. The Balaban J connectivity index is 0.000000516. The monoisotopic (exact) mass is 612 g/mol. The quantitative estimate of drug-likeness (QED) is 0.257. The molecule has 4 aromatic carbocycles. The summed E-state index contributed by atoms with van der Waals surface area (Å²) in [5, 5.41) is 30.3. The standard InChI is InChI=1S/C31H28O4.C5H5.ClH.Ti/c1-29(2)34-27(30(32,23-15-7-3-8-16-23)24-17-9-4-10-18-24)28(35-29)31(33,25-19-11-5-12-20-25)26-21-13-6-14-22-26;1-2-4-5-3-1;;/h3-22,27-28H,1-2H3;1-5H;1H;/q-2;;;+4/p-1/t27-,28-;;;/m0.../s1. The zero-order valence-electron chi connectivity index (χ0n) is 23.6. The number of rotatable bonds is 6. The van der Waals surface area contributed by atoms with Crippen LogP contribution in [0.15, 0.2) is 121 Å². The van der Waals surface area contributed by atoms with Gasteiger partial charge in [0.1, 0.15) is 0 Å². The van der Waals surface area contributed by atoms with Gasteiger partial charge in [-0.05, 0) is 57.2 Å². The summed E-state index contributed by atoms with van der Waals surface area (Å²) in [6.07, 6.45) is 7.78. The van der Waals surface area contributed by atoms with Gasteiger partial charge in [0.25, 0.3) is 0 Å². The van der Waals surface area contributed by atoms with E-state index < -0.39 is 29.2 Å². The van der Waals surface area contributed by atoms with Crippen molar-refractivity contribution in [1.29, 1.82) is 0 Å². The van der Waals surface area contributed by atoms with Gasteiger partial charge in [-0.2, -0.15) is 0 Å². The molecule has 1 saturated carbocycles. The molecular weight excluding hydrogens is 580 g/mol. The predicted octanol–water partition coefficient (Wildman–Crippen LogP) is 5.82. The molecule has 0 aromatic heterocycles. The molecule has 2 fully saturated rings. The number of benzene rings is 4. The fourth-order valence-electron chi connectivity index (χ4n) is 5.41. The van der Waals surface area contributed by atoms with Crippen LogP contribution < -0.4 is 10.2 Å². The van der Waals surface area contributed by atoms with E-state index >= 15 is 10.2 Å². The molecule has 0 spiro atoms. The Kier molecular flexibility index (Phi) is 11.6. The zero-order chi connectivity index (χ0) is 30.1. The summed E-state index contributed by atoms with van der Waals surface area (Å²) >= 11 is 1.47. The molecule has 1 heterocycles. The summed E-state index contributed by atoms with van der Waals surface area (Å²) in [5.74, 6) is -1.13. The molecule has 211 valence electrons. The van der Waals surface area contributed by atoms with E-state index in [4.69, 9.17) is 9.47 Å². The third-order valence-corrected chi connectivity index (χ3v) is 7.26. The Labute approximate surface area is 266 Å². The zero-order valence-corrected chi connectivity index (χ0v) is 25.9. The molecule has 4 nitrogen and oxygen atoms in total. The molecule has 42 heavy (non-hydrogen) atoms. The van der Waals surface area contributed by atoms with Crippen molar-refractivity contribution >= 4 is 9.30 Å². The maximum absolute atomic E-state index is 15.2. The van der Waals surface area contributed by atoms with Crippen molar-refractivity contribution in [2.75, 3.05) is 0 Å². The summed E-state index contributed by atoms with van der Waals surface area (Å²) in [4.78, 5) is 0. The Morgan fingerprint density at radius 3 is 0.929 bits per heavy atom. The van der Waals surface area contributed by atoms with Crippen molar-refractivity contribution in [3.63, 3.8) is 0 Å². The first-order chi connectivity index (χ1) is 20.4. The number of ether oxygens (including phenoxy) is 2. The van der Waals surface area contributed by atoms with Gasteiger partial charge in [0.05, 0.1) is 12.2 Å². The molecule has 1 saturated heterocycles. The van der Waals surface area contributed by atoms with Crippen LogP contribution in [-0.4, -0.2) is 18.0 Å². The van der Waals surface area contributed by atoms with Crippen molar-refractivity contribution < 1.29 is 39.1 Å². The van der Waals surface area contributed by atoms with Crippen LogP contribution >= 0.6 is 9.30 Å². The van der Waals surface area contributed by atoms with E-state index in [9.17, 15) is 0 Å². The van der Waals surface area contributed by atoms with Crippen molar-refractivity contribution in [3.8, 4) is 0 Å². The number of hydrogen-bond acceptors (Lipinski definition) is 4. The Hall–Kier alpha value is -2.28. The molecule has 0 amide bonds. The van der Waals surface area contributed by atoms with Gasteiger partial charge in [-0.15, -0.1) is 0 Å². The molecule has 2 atom stereocenters. The summed E-state index contributed by atoms with van der Waals surface area (Å²) in [5.41, 5.74) is -1.70. The van der Waals surface area contributed by atoms with Gasteiger partial charge >= 0.3 is 28.7 Å². The minimum atomic E-state index is -1.89. The second-order valence-electron chi connectivity index (χ2n) is 10.4. The molecule has 1 aliphatic carbocycles. The average Bonchev–Trinajstić information content (AvgIpc) is 3.75. The average molecular weight is 613 g/mol. The molecule has 2 aliphatic rings. The first-order valence-corrected chi connectivity index (χ1v) is 15.8. The second kappa shape index (κ2) is 14.9. The summed E-state index contributed by atoms with van der Waals surface area (Å²) in [7, 11) is 4.64. The Morgan fingerprint density at radius 2 is 0.714 bits per heavy atom. The first-order valence-electron chi connectivity index (χ1n) is 13.7. The van der Waals surface area contributed by atoms with Crippen molar-refractivity contribution in [3.05, 3.63) is 176 Å². The molecule has 6 heteroatoms. The SMILES string of the molecule is CC1(C)O[C@H](C([O-])(c2ccccc2)c2ccccc2)[C@@H](C([O-])(c2ccccc2)c2ccccc2)O1.[CH]1[CH][CH][CH][CH]1.[Cl][Ti+3]. The molecular formula is C36H33ClO4Ti+. The molecule has 0 N–H and O–H groups in total. The van der Waals surface area contributed by atoms with Crippen LogP contribution in [-0.2, 0) is 40.1 Å². The van der Waals surface area contributed by atoms with Crippen molar-refractivity contribution in [1.82, 2.24) is 0 Å². The van der Waals surface area contributed by atoms with Gasteiger partial charge in [-0.1, -0.05) is 144 Å². The number of halogens is 1. The van der Waals surface area contributed by atoms with E-state index in [1.165, 1.54) is 19.4 Å². The third kappa shape index (κ3) is 7.09. The van der Waals surface area contributed by atoms with Crippen LogP contribution in [0.1, 0.15) is 36.1 Å². The Morgan fingerprint density at radius 1 is 0.500 bits per heavy atom.